The van der Waals surface area contributed by atoms with Gasteiger partial charge in [0.2, 0.25) is 0 Å². The summed E-state index contributed by atoms with van der Waals surface area (Å²) < 4.78 is 0. The number of Topliss-reactive ketones (excluding diaryl/α,β-unsaturated/α-hetero) is 1. The molecule has 0 aromatic rings. The van der Waals surface area contributed by atoms with Crippen molar-refractivity contribution in [1.82, 2.24) is 0 Å². The molecule has 4 unspecified atom stereocenters. The molecule has 0 aliphatic heterocycles. The molecule has 2 aliphatic rings. The van der Waals surface area contributed by atoms with Crippen LogP contribution in [0.15, 0.2) is 0 Å². The molecule has 2 aliphatic carbocycles. The van der Waals surface area contributed by atoms with Crippen molar-refractivity contribution < 1.29 is 4.79 Å². The number of ketones is 1. The van der Waals surface area contributed by atoms with Gasteiger partial charge in [-0.3, -0.25) is 4.79 Å². The van der Waals surface area contributed by atoms with Crippen LogP contribution in [0.3, 0.4) is 0 Å². The topological polar surface area (TPSA) is 17.1 Å². The first kappa shape index (κ1) is 11.2. The second-order valence-corrected chi connectivity index (χ2v) is 7.01. The van der Waals surface area contributed by atoms with Crippen molar-refractivity contribution >= 4 is 5.78 Å². The molecule has 0 aromatic carbocycles. The van der Waals surface area contributed by atoms with Crippen molar-refractivity contribution in [2.24, 2.45) is 29.1 Å². The third-order valence-electron chi connectivity index (χ3n) is 4.33. The maximum Gasteiger partial charge on any atom is 0.136 e. The molecule has 0 N–H and O–H groups in total. The van der Waals surface area contributed by atoms with Gasteiger partial charge in [0.25, 0.3) is 0 Å². The average molecular weight is 208 g/mol. The number of rotatable bonds is 2. The van der Waals surface area contributed by atoms with E-state index < -0.39 is 0 Å². The molecule has 1 nitrogen and oxygen atoms in total. The van der Waals surface area contributed by atoms with E-state index in [-0.39, 0.29) is 5.41 Å². The smallest absolute Gasteiger partial charge is 0.136 e. The quantitative estimate of drug-likeness (QED) is 0.676. The highest BCUT2D eigenvalue weighted by atomic mass is 16.1. The molecule has 2 saturated carbocycles. The van der Waals surface area contributed by atoms with E-state index in [1.807, 2.05) is 0 Å². The summed E-state index contributed by atoms with van der Waals surface area (Å²) in [6, 6.07) is 0. The molecular weight excluding hydrogens is 184 g/mol. The van der Waals surface area contributed by atoms with Crippen LogP contribution in [0.2, 0.25) is 0 Å². The third-order valence-corrected chi connectivity index (χ3v) is 4.33. The zero-order valence-electron chi connectivity index (χ0n) is 10.5. The fourth-order valence-corrected chi connectivity index (χ4v) is 3.61. The van der Waals surface area contributed by atoms with Crippen molar-refractivity contribution in [2.75, 3.05) is 0 Å². The number of hydrogen-bond donors (Lipinski definition) is 0. The summed E-state index contributed by atoms with van der Waals surface area (Å²) >= 11 is 0. The lowest BCUT2D eigenvalue weighted by Crippen LogP contribution is -2.26. The van der Waals surface area contributed by atoms with Crippen LogP contribution in [0.5, 0.6) is 0 Å². The molecule has 4 atom stereocenters. The molecule has 0 spiro atoms. The van der Waals surface area contributed by atoms with Crippen LogP contribution in [0, 0.1) is 29.1 Å². The van der Waals surface area contributed by atoms with Crippen LogP contribution >= 0.6 is 0 Å². The zero-order valence-corrected chi connectivity index (χ0v) is 10.5. The summed E-state index contributed by atoms with van der Waals surface area (Å²) in [5.41, 5.74) is 0.171. The Balaban J connectivity index is 1.94. The van der Waals surface area contributed by atoms with E-state index in [9.17, 15) is 4.79 Å². The number of carbonyl (C=O) groups is 1. The third kappa shape index (κ3) is 2.26. The van der Waals surface area contributed by atoms with Crippen LogP contribution in [-0.2, 0) is 4.79 Å². The standard InChI is InChI=1S/C14H24O/c1-9-5-11-6-10(9)7-12(11)13(15)8-14(2,3)4/h9-12H,5-8H2,1-4H3. The largest absolute Gasteiger partial charge is 0.299 e. The molecule has 86 valence electrons. The minimum Gasteiger partial charge on any atom is -0.299 e. The summed E-state index contributed by atoms with van der Waals surface area (Å²) in [5, 5.41) is 0. The molecule has 0 amide bonds. The van der Waals surface area contributed by atoms with Crippen LogP contribution in [0.4, 0.5) is 0 Å². The van der Waals surface area contributed by atoms with Crippen molar-refractivity contribution in [1.29, 1.82) is 0 Å². The van der Waals surface area contributed by atoms with Gasteiger partial charge in [-0.2, -0.15) is 0 Å². The summed E-state index contributed by atoms with van der Waals surface area (Å²) in [6.45, 7) is 8.86. The molecule has 1 heteroatoms. The van der Waals surface area contributed by atoms with Gasteiger partial charge in [0.15, 0.2) is 0 Å². The summed E-state index contributed by atoms with van der Waals surface area (Å²) in [5.74, 6) is 3.45. The van der Waals surface area contributed by atoms with Crippen LogP contribution < -0.4 is 0 Å². The molecule has 15 heavy (non-hydrogen) atoms. The fraction of sp³-hybridized carbons (Fsp3) is 0.929. The Hall–Kier alpha value is -0.330. The zero-order chi connectivity index (χ0) is 11.2. The second kappa shape index (κ2) is 3.61. The first-order valence-electron chi connectivity index (χ1n) is 6.39. The van der Waals surface area contributed by atoms with Crippen molar-refractivity contribution in [3.8, 4) is 0 Å². The summed E-state index contributed by atoms with van der Waals surface area (Å²) in [6.07, 6.45) is 4.61. The SMILES string of the molecule is CC1CC2CC1CC2C(=O)CC(C)(C)C. The molecular formula is C14H24O. The van der Waals surface area contributed by atoms with E-state index in [1.165, 1.54) is 19.3 Å². The number of carbonyl (C=O) groups excluding carboxylic acids is 1. The summed E-state index contributed by atoms with van der Waals surface area (Å²) in [4.78, 5) is 12.2. The minimum absolute atomic E-state index is 0.171. The van der Waals surface area contributed by atoms with Gasteiger partial charge < -0.3 is 0 Å². The molecule has 0 aromatic heterocycles. The molecule has 2 rings (SSSR count). The molecule has 0 saturated heterocycles. The van der Waals surface area contributed by atoms with Gasteiger partial charge in [0.05, 0.1) is 0 Å². The molecule has 2 fully saturated rings. The Labute approximate surface area is 93.6 Å². The van der Waals surface area contributed by atoms with Gasteiger partial charge in [-0.1, -0.05) is 27.7 Å². The number of fused-ring (bicyclic) bond motifs is 2. The van der Waals surface area contributed by atoms with Crippen LogP contribution in [-0.4, -0.2) is 5.78 Å². The normalized spacial score (nSPS) is 39.7. The minimum atomic E-state index is 0.171. The Bertz CT molecular complexity index is 259. The van der Waals surface area contributed by atoms with Crippen molar-refractivity contribution in [3.63, 3.8) is 0 Å². The van der Waals surface area contributed by atoms with E-state index in [4.69, 9.17) is 0 Å². The van der Waals surface area contributed by atoms with Gasteiger partial charge >= 0.3 is 0 Å². The Morgan fingerprint density at radius 2 is 1.80 bits per heavy atom. The van der Waals surface area contributed by atoms with Gasteiger partial charge in [-0.15, -0.1) is 0 Å². The first-order valence-corrected chi connectivity index (χ1v) is 6.39. The predicted octanol–water partition coefficient (Wildman–Crippen LogP) is 3.67. The monoisotopic (exact) mass is 208 g/mol. The van der Waals surface area contributed by atoms with Crippen LogP contribution in [0.1, 0.15) is 53.4 Å². The van der Waals surface area contributed by atoms with Gasteiger partial charge in [-0.05, 0) is 42.4 Å². The Morgan fingerprint density at radius 1 is 1.13 bits per heavy atom. The maximum atomic E-state index is 12.2. The van der Waals surface area contributed by atoms with Gasteiger partial charge in [0, 0.05) is 12.3 Å². The fourth-order valence-electron chi connectivity index (χ4n) is 3.61. The van der Waals surface area contributed by atoms with Gasteiger partial charge in [0.1, 0.15) is 5.78 Å². The lowest BCUT2D eigenvalue weighted by Gasteiger charge is -2.27. The lowest BCUT2D eigenvalue weighted by molar-refractivity contribution is -0.126. The van der Waals surface area contributed by atoms with Gasteiger partial charge in [-0.25, -0.2) is 0 Å². The first-order chi connectivity index (χ1) is 6.87. The molecule has 0 heterocycles. The van der Waals surface area contributed by atoms with Crippen molar-refractivity contribution in [2.45, 2.75) is 53.4 Å². The van der Waals surface area contributed by atoms with Crippen molar-refractivity contribution in [3.05, 3.63) is 0 Å². The Kier molecular flexibility index (Phi) is 2.68. The Morgan fingerprint density at radius 3 is 2.20 bits per heavy atom. The average Bonchev–Trinajstić information content (AvgIpc) is 2.58. The highest BCUT2D eigenvalue weighted by Crippen LogP contribution is 2.52. The van der Waals surface area contributed by atoms with E-state index in [1.54, 1.807) is 0 Å². The van der Waals surface area contributed by atoms with Crippen LogP contribution in [0.25, 0.3) is 0 Å². The summed E-state index contributed by atoms with van der Waals surface area (Å²) in [7, 11) is 0. The predicted molar refractivity (Wildman–Crippen MR) is 62.6 cm³/mol. The van der Waals surface area contributed by atoms with E-state index in [0.717, 1.165) is 24.2 Å². The van der Waals surface area contributed by atoms with E-state index in [0.29, 0.717) is 11.7 Å². The number of hydrogen-bond acceptors (Lipinski definition) is 1. The lowest BCUT2D eigenvalue weighted by atomic mass is 9.77. The van der Waals surface area contributed by atoms with E-state index >= 15 is 0 Å². The molecule has 2 bridgehead atoms. The molecule has 0 radical (unpaired) electrons. The second-order valence-electron chi connectivity index (χ2n) is 7.01. The van der Waals surface area contributed by atoms with E-state index in [2.05, 4.69) is 27.7 Å². The maximum absolute atomic E-state index is 12.2. The highest BCUT2D eigenvalue weighted by molar-refractivity contribution is 5.82. The highest BCUT2D eigenvalue weighted by Gasteiger charge is 2.46.